The Labute approximate surface area is 195 Å². The first kappa shape index (κ1) is 30.1. The molecule has 0 radical (unpaired) electrons. The predicted octanol–water partition coefficient (Wildman–Crippen LogP) is 9.43. The maximum absolute atomic E-state index is 2.36. The van der Waals surface area contributed by atoms with Crippen molar-refractivity contribution in [2.75, 3.05) is 19.6 Å². The van der Waals surface area contributed by atoms with Crippen molar-refractivity contribution in [2.24, 2.45) is 0 Å². The Hall–Kier alpha value is -0.860. The average Bonchev–Trinajstić information content (AvgIpc) is 2.77. The first-order valence-corrected chi connectivity index (χ1v) is 13.6. The smallest absolute Gasteiger partial charge is 0.132 e. The summed E-state index contributed by atoms with van der Waals surface area (Å²) < 4.78 is 1.15. The van der Waals surface area contributed by atoms with Gasteiger partial charge in [0.15, 0.2) is 0 Å². The average molecular weight is 434 g/mol. The van der Waals surface area contributed by atoms with Crippen LogP contribution in [0, 0.1) is 6.92 Å². The van der Waals surface area contributed by atoms with E-state index < -0.39 is 0 Å². The van der Waals surface area contributed by atoms with Gasteiger partial charge < -0.3 is 5.48 Å². The van der Waals surface area contributed by atoms with Gasteiger partial charge in [-0.1, -0.05) is 115 Å². The molecule has 0 aliphatic heterocycles. The molecule has 0 saturated carbocycles. The highest BCUT2D eigenvalue weighted by molar-refractivity contribution is 5.44. The van der Waals surface area contributed by atoms with E-state index in [0.717, 1.165) is 4.48 Å². The molecular formula is C29H55NO. The van der Waals surface area contributed by atoms with Gasteiger partial charge >= 0.3 is 0 Å². The lowest BCUT2D eigenvalue weighted by Crippen LogP contribution is -2.49. The summed E-state index contributed by atoms with van der Waals surface area (Å²) in [4.78, 5) is 0. The topological polar surface area (TPSA) is 30.0 Å². The highest BCUT2D eigenvalue weighted by Crippen LogP contribution is 2.25. The van der Waals surface area contributed by atoms with Crippen LogP contribution in [-0.4, -0.2) is 25.1 Å². The second-order valence-corrected chi connectivity index (χ2v) is 9.64. The van der Waals surface area contributed by atoms with Crippen LogP contribution in [0.4, 0.5) is 5.69 Å². The first-order valence-electron chi connectivity index (χ1n) is 13.6. The third-order valence-electron chi connectivity index (χ3n) is 7.23. The number of aryl methyl sites for hydroxylation is 1. The van der Waals surface area contributed by atoms with E-state index in [-0.39, 0.29) is 5.48 Å². The number of nitrogens with zero attached hydrogens (tertiary/aromatic N) is 1. The molecule has 1 rings (SSSR count). The fraction of sp³-hybridized carbons (Fsp3) is 0.793. The van der Waals surface area contributed by atoms with Gasteiger partial charge in [-0.15, -0.1) is 0 Å². The third kappa shape index (κ3) is 13.3. The largest absolute Gasteiger partial charge is 0.870 e. The standard InChI is InChI=1S/C29H54N.H2O/c1-5-8-9-10-11-12-13-14-15-16-17-18-19-20-21-22-27-30(6-2,7-3)29-25-23-28(4)24-26-29;/h23-26H,5-22,27H2,1-4H3;1H2/q+1;/p-1. The Morgan fingerprint density at radius 3 is 1.23 bits per heavy atom. The fourth-order valence-electron chi connectivity index (χ4n) is 4.86. The molecule has 0 bridgehead atoms. The van der Waals surface area contributed by atoms with Gasteiger partial charge in [-0.05, 0) is 45.7 Å². The molecule has 2 nitrogen and oxygen atoms in total. The quantitative estimate of drug-likeness (QED) is 0.149. The highest BCUT2D eigenvalue weighted by Gasteiger charge is 2.25. The number of benzene rings is 1. The second-order valence-electron chi connectivity index (χ2n) is 9.64. The van der Waals surface area contributed by atoms with E-state index in [1.165, 1.54) is 134 Å². The predicted molar refractivity (Wildman–Crippen MR) is 140 cm³/mol. The molecule has 0 aliphatic carbocycles. The first-order chi connectivity index (χ1) is 14.7. The zero-order valence-corrected chi connectivity index (χ0v) is 21.6. The van der Waals surface area contributed by atoms with Crippen LogP contribution in [0.5, 0.6) is 0 Å². The molecule has 31 heavy (non-hydrogen) atoms. The maximum atomic E-state index is 2.36. The molecular weight excluding hydrogens is 378 g/mol. The van der Waals surface area contributed by atoms with Crippen LogP contribution < -0.4 is 4.48 Å². The van der Waals surface area contributed by atoms with E-state index in [2.05, 4.69) is 52.0 Å². The molecule has 0 aromatic heterocycles. The van der Waals surface area contributed by atoms with Crippen molar-refractivity contribution in [3.05, 3.63) is 29.8 Å². The van der Waals surface area contributed by atoms with Crippen molar-refractivity contribution >= 4 is 5.69 Å². The molecule has 2 heteroatoms. The monoisotopic (exact) mass is 433 g/mol. The van der Waals surface area contributed by atoms with Crippen molar-refractivity contribution in [3.63, 3.8) is 0 Å². The summed E-state index contributed by atoms with van der Waals surface area (Å²) >= 11 is 0. The van der Waals surface area contributed by atoms with Gasteiger partial charge in [0, 0.05) is 0 Å². The number of rotatable bonds is 20. The van der Waals surface area contributed by atoms with Crippen molar-refractivity contribution in [1.82, 2.24) is 4.48 Å². The van der Waals surface area contributed by atoms with Crippen LogP contribution in [0.25, 0.3) is 0 Å². The molecule has 0 heterocycles. The van der Waals surface area contributed by atoms with E-state index in [0.29, 0.717) is 0 Å². The number of hydrogen-bond donors (Lipinski definition) is 0. The van der Waals surface area contributed by atoms with E-state index in [9.17, 15) is 0 Å². The van der Waals surface area contributed by atoms with Gasteiger partial charge in [0.05, 0.1) is 19.6 Å². The van der Waals surface area contributed by atoms with Crippen molar-refractivity contribution in [3.8, 4) is 0 Å². The van der Waals surface area contributed by atoms with Crippen molar-refractivity contribution < 1.29 is 5.48 Å². The van der Waals surface area contributed by atoms with Gasteiger partial charge in [-0.3, -0.25) is 4.48 Å². The Morgan fingerprint density at radius 1 is 0.516 bits per heavy atom. The van der Waals surface area contributed by atoms with Gasteiger partial charge in [0.25, 0.3) is 0 Å². The molecule has 1 aromatic rings. The van der Waals surface area contributed by atoms with Gasteiger partial charge in [-0.2, -0.15) is 0 Å². The zero-order chi connectivity index (χ0) is 21.9. The minimum Gasteiger partial charge on any atom is -0.870 e. The number of quaternary nitrogens is 1. The SMILES string of the molecule is CCCCCCCCCCCCCCCCCC[N+](CC)(CC)c1ccc(C)cc1.[OH-]. The molecule has 0 aliphatic rings. The Balaban J connectivity index is 0.00000900. The lowest BCUT2D eigenvalue weighted by Gasteiger charge is -2.36. The van der Waals surface area contributed by atoms with Crippen LogP contribution in [-0.2, 0) is 0 Å². The lowest BCUT2D eigenvalue weighted by atomic mass is 10.0. The number of unbranched alkanes of at least 4 members (excludes halogenated alkanes) is 15. The summed E-state index contributed by atoms with van der Waals surface area (Å²) in [6, 6.07) is 9.27. The van der Waals surface area contributed by atoms with E-state index in [1.54, 1.807) is 0 Å². The minimum absolute atomic E-state index is 0. The summed E-state index contributed by atoms with van der Waals surface area (Å²) in [7, 11) is 0. The molecule has 0 fully saturated rings. The molecule has 0 atom stereocenters. The Bertz CT molecular complexity index is 492. The normalized spacial score (nSPS) is 11.5. The second kappa shape index (κ2) is 19.8. The third-order valence-corrected chi connectivity index (χ3v) is 7.23. The summed E-state index contributed by atoms with van der Waals surface area (Å²) in [6.07, 6.45) is 23.1. The lowest BCUT2D eigenvalue weighted by molar-refractivity contribution is 0.291. The zero-order valence-electron chi connectivity index (χ0n) is 21.6. The fourth-order valence-corrected chi connectivity index (χ4v) is 4.86. The molecule has 1 aromatic carbocycles. The van der Waals surface area contributed by atoms with Crippen molar-refractivity contribution in [2.45, 2.75) is 130 Å². The van der Waals surface area contributed by atoms with Crippen LogP contribution in [0.3, 0.4) is 0 Å². The summed E-state index contributed by atoms with van der Waals surface area (Å²) in [6.45, 7) is 12.9. The molecule has 182 valence electrons. The Kier molecular flexibility index (Phi) is 19.2. The molecule has 0 amide bonds. The molecule has 0 unspecified atom stereocenters. The van der Waals surface area contributed by atoms with Crippen LogP contribution in [0.1, 0.15) is 129 Å². The van der Waals surface area contributed by atoms with E-state index in [1.807, 2.05) is 0 Å². The molecule has 0 spiro atoms. The minimum atomic E-state index is 0. The van der Waals surface area contributed by atoms with Gasteiger partial charge in [0.2, 0.25) is 0 Å². The van der Waals surface area contributed by atoms with Crippen molar-refractivity contribution in [1.29, 1.82) is 0 Å². The van der Waals surface area contributed by atoms with Crippen LogP contribution in [0.15, 0.2) is 24.3 Å². The maximum Gasteiger partial charge on any atom is 0.132 e. The summed E-state index contributed by atoms with van der Waals surface area (Å²) in [5, 5.41) is 0. The van der Waals surface area contributed by atoms with Crippen LogP contribution >= 0.6 is 0 Å². The van der Waals surface area contributed by atoms with Gasteiger partial charge in [-0.25, -0.2) is 0 Å². The number of hydrogen-bond acceptors (Lipinski definition) is 1. The van der Waals surface area contributed by atoms with Crippen LogP contribution in [0.2, 0.25) is 0 Å². The Morgan fingerprint density at radius 2 is 0.871 bits per heavy atom. The highest BCUT2D eigenvalue weighted by atomic mass is 16.0. The summed E-state index contributed by atoms with van der Waals surface area (Å²) in [5.74, 6) is 0. The van der Waals surface area contributed by atoms with E-state index in [4.69, 9.17) is 0 Å². The van der Waals surface area contributed by atoms with Gasteiger partial charge in [0.1, 0.15) is 5.69 Å². The summed E-state index contributed by atoms with van der Waals surface area (Å²) in [5.41, 5.74) is 2.87. The molecule has 1 N–H and O–H groups in total. The molecule has 0 saturated heterocycles. The van der Waals surface area contributed by atoms with E-state index >= 15 is 0 Å².